The van der Waals surface area contributed by atoms with Gasteiger partial charge in [0.25, 0.3) is 0 Å². The third-order valence-corrected chi connectivity index (χ3v) is 3.27. The average molecular weight is 262 g/mol. The minimum Gasteiger partial charge on any atom is -0.481 e. The van der Waals surface area contributed by atoms with Crippen molar-refractivity contribution in [2.75, 3.05) is 23.3 Å². The Labute approximate surface area is 112 Å². The van der Waals surface area contributed by atoms with Gasteiger partial charge < -0.3 is 15.3 Å². The van der Waals surface area contributed by atoms with E-state index in [4.69, 9.17) is 5.11 Å². The van der Waals surface area contributed by atoms with Crippen molar-refractivity contribution in [3.8, 4) is 0 Å². The Balaban J connectivity index is 2.06. The maximum Gasteiger partial charge on any atom is 0.312 e. The fourth-order valence-electron chi connectivity index (χ4n) is 2.29. The summed E-state index contributed by atoms with van der Waals surface area (Å²) in [6.45, 7) is 4.06. The quantitative estimate of drug-likeness (QED) is 0.814. The molecule has 102 valence electrons. The predicted octanol–water partition coefficient (Wildman–Crippen LogP) is 2.01. The van der Waals surface area contributed by atoms with Crippen molar-refractivity contribution in [1.82, 2.24) is 0 Å². The highest BCUT2D eigenvalue weighted by molar-refractivity contribution is 6.01. The zero-order valence-corrected chi connectivity index (χ0v) is 11.0. The van der Waals surface area contributed by atoms with Crippen molar-refractivity contribution in [3.63, 3.8) is 0 Å². The van der Waals surface area contributed by atoms with Gasteiger partial charge in [0.15, 0.2) is 0 Å². The molecule has 0 spiro atoms. The summed E-state index contributed by atoms with van der Waals surface area (Å²) in [5.74, 6) is -1.62. The highest BCUT2D eigenvalue weighted by atomic mass is 16.4. The van der Waals surface area contributed by atoms with Crippen LogP contribution in [0.15, 0.2) is 18.2 Å². The molecule has 19 heavy (non-hydrogen) atoms. The van der Waals surface area contributed by atoms with Crippen LogP contribution in [0, 0.1) is 6.92 Å². The van der Waals surface area contributed by atoms with Crippen molar-refractivity contribution in [3.05, 3.63) is 23.8 Å². The number of carbonyl (C=O) groups is 2. The molecule has 1 fully saturated rings. The zero-order valence-electron chi connectivity index (χ0n) is 11.0. The van der Waals surface area contributed by atoms with E-state index in [0.717, 1.165) is 24.3 Å². The third kappa shape index (κ3) is 3.47. The van der Waals surface area contributed by atoms with Gasteiger partial charge in [-0.15, -0.1) is 0 Å². The molecule has 0 saturated carbocycles. The lowest BCUT2D eigenvalue weighted by Crippen LogP contribution is -2.19. The number of aryl methyl sites for hydroxylation is 1. The van der Waals surface area contributed by atoms with E-state index in [2.05, 4.69) is 10.2 Å². The van der Waals surface area contributed by atoms with Gasteiger partial charge in [-0.2, -0.15) is 0 Å². The maximum absolute atomic E-state index is 11.4. The van der Waals surface area contributed by atoms with Crippen LogP contribution >= 0.6 is 0 Å². The monoisotopic (exact) mass is 262 g/mol. The molecule has 0 radical (unpaired) electrons. The number of nitrogens with one attached hydrogen (secondary N) is 1. The standard InChI is InChI=1S/C14H18N2O3/c1-10-8-11(16-6-2-3-7-16)4-5-12(10)15-13(17)9-14(18)19/h4-5,8H,2-3,6-7,9H2,1H3,(H,15,17)(H,18,19). The van der Waals surface area contributed by atoms with Crippen LogP contribution in [-0.4, -0.2) is 30.1 Å². The van der Waals surface area contributed by atoms with Crippen molar-refractivity contribution in [1.29, 1.82) is 0 Å². The van der Waals surface area contributed by atoms with Crippen LogP contribution in [0.2, 0.25) is 0 Å². The number of benzene rings is 1. The van der Waals surface area contributed by atoms with Gasteiger partial charge in [0, 0.05) is 24.5 Å². The minimum absolute atomic E-state index is 0.496. The number of hydrogen-bond donors (Lipinski definition) is 2. The zero-order chi connectivity index (χ0) is 13.8. The van der Waals surface area contributed by atoms with E-state index < -0.39 is 18.3 Å². The number of aliphatic carboxylic acids is 1. The molecular formula is C14H18N2O3. The number of carboxylic acid groups (broad SMARTS) is 1. The van der Waals surface area contributed by atoms with Crippen molar-refractivity contribution in [2.24, 2.45) is 0 Å². The lowest BCUT2D eigenvalue weighted by molar-refractivity contribution is -0.139. The van der Waals surface area contributed by atoms with Crippen LogP contribution in [-0.2, 0) is 9.59 Å². The molecule has 1 aromatic carbocycles. The SMILES string of the molecule is Cc1cc(N2CCCC2)ccc1NC(=O)CC(=O)O. The molecule has 5 nitrogen and oxygen atoms in total. The van der Waals surface area contributed by atoms with Gasteiger partial charge in [0.1, 0.15) is 6.42 Å². The summed E-state index contributed by atoms with van der Waals surface area (Å²) in [6, 6.07) is 5.83. The minimum atomic E-state index is -1.12. The second-order valence-electron chi connectivity index (χ2n) is 4.81. The number of anilines is 2. The predicted molar refractivity (Wildman–Crippen MR) is 73.5 cm³/mol. The summed E-state index contributed by atoms with van der Waals surface area (Å²) in [7, 11) is 0. The van der Waals surface area contributed by atoms with E-state index in [9.17, 15) is 9.59 Å². The number of carbonyl (C=O) groups excluding carboxylic acids is 1. The van der Waals surface area contributed by atoms with Gasteiger partial charge in [-0.05, 0) is 43.5 Å². The van der Waals surface area contributed by atoms with Gasteiger partial charge in [-0.1, -0.05) is 0 Å². The highest BCUT2D eigenvalue weighted by Gasteiger charge is 2.14. The molecule has 0 bridgehead atoms. The first-order valence-corrected chi connectivity index (χ1v) is 6.43. The van der Waals surface area contributed by atoms with Crippen molar-refractivity contribution in [2.45, 2.75) is 26.2 Å². The first kappa shape index (κ1) is 13.4. The summed E-state index contributed by atoms with van der Waals surface area (Å²) in [5.41, 5.74) is 2.78. The molecule has 1 aliphatic rings. The molecule has 1 aromatic rings. The summed E-state index contributed by atoms with van der Waals surface area (Å²) in [4.78, 5) is 24.2. The Kier molecular flexibility index (Phi) is 4.04. The number of rotatable bonds is 4. The first-order chi connectivity index (χ1) is 9.06. The van der Waals surface area contributed by atoms with E-state index in [-0.39, 0.29) is 0 Å². The van der Waals surface area contributed by atoms with E-state index >= 15 is 0 Å². The maximum atomic E-state index is 11.4. The van der Waals surface area contributed by atoms with Crippen LogP contribution in [0.5, 0.6) is 0 Å². The number of carboxylic acids is 1. The van der Waals surface area contributed by atoms with Crippen LogP contribution in [0.4, 0.5) is 11.4 Å². The third-order valence-electron chi connectivity index (χ3n) is 3.27. The Morgan fingerprint density at radius 2 is 2.00 bits per heavy atom. The molecule has 1 amide bonds. The second kappa shape index (κ2) is 5.73. The largest absolute Gasteiger partial charge is 0.481 e. The smallest absolute Gasteiger partial charge is 0.312 e. The molecule has 2 N–H and O–H groups in total. The molecule has 1 aliphatic heterocycles. The van der Waals surface area contributed by atoms with Gasteiger partial charge in [-0.3, -0.25) is 9.59 Å². The second-order valence-corrected chi connectivity index (χ2v) is 4.81. The fourth-order valence-corrected chi connectivity index (χ4v) is 2.29. The summed E-state index contributed by atoms with van der Waals surface area (Å²) in [6.07, 6.45) is 1.93. The fraction of sp³-hybridized carbons (Fsp3) is 0.429. The van der Waals surface area contributed by atoms with Gasteiger partial charge in [0.05, 0.1) is 0 Å². The van der Waals surface area contributed by atoms with E-state index in [1.54, 1.807) is 0 Å². The summed E-state index contributed by atoms with van der Waals surface area (Å²) >= 11 is 0. The lowest BCUT2D eigenvalue weighted by Gasteiger charge is -2.19. The molecule has 0 aliphatic carbocycles. The normalized spacial score (nSPS) is 14.5. The first-order valence-electron chi connectivity index (χ1n) is 6.43. The van der Waals surface area contributed by atoms with E-state index in [1.807, 2.05) is 25.1 Å². The van der Waals surface area contributed by atoms with Crippen molar-refractivity contribution >= 4 is 23.3 Å². The number of amides is 1. The summed E-state index contributed by atoms with van der Waals surface area (Å²) < 4.78 is 0. The molecule has 2 rings (SSSR count). The van der Waals surface area contributed by atoms with Crippen LogP contribution in [0.3, 0.4) is 0 Å². The molecule has 5 heteroatoms. The molecule has 1 heterocycles. The average Bonchev–Trinajstić information content (AvgIpc) is 2.84. The molecule has 1 saturated heterocycles. The number of nitrogens with zero attached hydrogens (tertiary/aromatic N) is 1. The van der Waals surface area contributed by atoms with Crippen LogP contribution in [0.1, 0.15) is 24.8 Å². The van der Waals surface area contributed by atoms with Gasteiger partial charge in [0.2, 0.25) is 5.91 Å². The molecule has 0 atom stereocenters. The molecular weight excluding hydrogens is 244 g/mol. The molecule has 0 aromatic heterocycles. The van der Waals surface area contributed by atoms with E-state index in [0.29, 0.717) is 5.69 Å². The summed E-state index contributed by atoms with van der Waals surface area (Å²) in [5, 5.41) is 11.2. The Bertz CT molecular complexity index is 493. The Hall–Kier alpha value is -2.04. The Morgan fingerprint density at radius 3 is 2.58 bits per heavy atom. The number of hydrogen-bond acceptors (Lipinski definition) is 3. The van der Waals surface area contributed by atoms with Gasteiger partial charge >= 0.3 is 5.97 Å². The highest BCUT2D eigenvalue weighted by Crippen LogP contribution is 2.25. The van der Waals surface area contributed by atoms with Crippen LogP contribution in [0.25, 0.3) is 0 Å². The lowest BCUT2D eigenvalue weighted by atomic mass is 10.1. The topological polar surface area (TPSA) is 69.6 Å². The van der Waals surface area contributed by atoms with Gasteiger partial charge in [-0.25, -0.2) is 0 Å². The Morgan fingerprint density at radius 1 is 1.32 bits per heavy atom. The van der Waals surface area contributed by atoms with Crippen LogP contribution < -0.4 is 10.2 Å². The van der Waals surface area contributed by atoms with Crippen molar-refractivity contribution < 1.29 is 14.7 Å². The van der Waals surface area contributed by atoms with E-state index in [1.165, 1.54) is 12.8 Å². The molecule has 0 unspecified atom stereocenters.